The van der Waals surface area contributed by atoms with Gasteiger partial charge in [0.25, 0.3) is 5.91 Å². The number of nitrogens with two attached hydrogens (primary N) is 1. The van der Waals surface area contributed by atoms with Crippen LogP contribution in [-0.4, -0.2) is 24.0 Å². The Bertz CT molecular complexity index is 567. The summed E-state index contributed by atoms with van der Waals surface area (Å²) < 4.78 is 10.9. The van der Waals surface area contributed by atoms with Crippen LogP contribution in [0.4, 0.5) is 0 Å². The summed E-state index contributed by atoms with van der Waals surface area (Å²) in [4.78, 5) is 13.9. The summed E-state index contributed by atoms with van der Waals surface area (Å²) in [6.07, 6.45) is 1.60. The van der Waals surface area contributed by atoms with Crippen molar-refractivity contribution in [3.05, 3.63) is 54.0 Å². The van der Waals surface area contributed by atoms with Crippen LogP contribution in [0.3, 0.4) is 0 Å². The Morgan fingerprint density at radius 2 is 2.10 bits per heavy atom. The van der Waals surface area contributed by atoms with E-state index >= 15 is 0 Å². The van der Waals surface area contributed by atoms with Gasteiger partial charge in [-0.25, -0.2) is 0 Å². The number of likely N-dealkylation sites (N-methyl/N-ethyl adjacent to an activating group) is 1. The molecule has 2 rings (SSSR count). The first-order valence-electron chi connectivity index (χ1n) is 6.95. The second-order valence-electron chi connectivity index (χ2n) is 4.59. The molecule has 0 radical (unpaired) electrons. The van der Waals surface area contributed by atoms with Crippen LogP contribution in [0.25, 0.3) is 0 Å². The van der Waals surface area contributed by atoms with Gasteiger partial charge >= 0.3 is 0 Å². The molecule has 0 spiro atoms. The van der Waals surface area contributed by atoms with Crippen LogP contribution in [-0.2, 0) is 17.9 Å². The molecular weight excluding hydrogens is 268 g/mol. The first-order valence-corrected chi connectivity index (χ1v) is 6.95. The number of nitrogens with zero attached hydrogens (tertiary/aromatic N) is 1. The molecule has 5 nitrogen and oxygen atoms in total. The molecule has 0 saturated carbocycles. The number of carbonyl (C=O) groups is 1. The number of ether oxygens (including phenoxy) is 1. The molecule has 0 aliphatic heterocycles. The number of hydrogen-bond acceptors (Lipinski definition) is 4. The van der Waals surface area contributed by atoms with Gasteiger partial charge < -0.3 is 19.8 Å². The largest absolute Gasteiger partial charge is 0.483 e. The normalized spacial score (nSPS) is 10.4. The highest BCUT2D eigenvalue weighted by Crippen LogP contribution is 2.17. The number of rotatable bonds is 7. The molecule has 2 aromatic rings. The molecule has 0 aliphatic carbocycles. The topological polar surface area (TPSA) is 68.7 Å². The molecule has 112 valence electrons. The molecule has 0 aliphatic rings. The van der Waals surface area contributed by atoms with E-state index in [2.05, 4.69) is 0 Å². The molecule has 0 unspecified atom stereocenters. The molecule has 5 heteroatoms. The molecule has 0 bridgehead atoms. The van der Waals surface area contributed by atoms with Crippen molar-refractivity contribution in [2.75, 3.05) is 13.2 Å². The number of benzene rings is 1. The van der Waals surface area contributed by atoms with E-state index in [1.807, 2.05) is 43.3 Å². The second-order valence-corrected chi connectivity index (χ2v) is 4.59. The molecule has 0 fully saturated rings. The summed E-state index contributed by atoms with van der Waals surface area (Å²) in [5.74, 6) is 1.33. The Kier molecular flexibility index (Phi) is 5.40. The number of furan rings is 1. The standard InChI is InChI=1S/C16H20N2O3/c1-2-18(11-14-7-5-9-20-14)16(19)12-21-15-8-4-3-6-13(15)10-17/h3-9H,2,10-12,17H2,1H3. The highest BCUT2D eigenvalue weighted by atomic mass is 16.5. The maximum Gasteiger partial charge on any atom is 0.260 e. The van der Waals surface area contributed by atoms with E-state index in [9.17, 15) is 4.79 Å². The summed E-state index contributed by atoms with van der Waals surface area (Å²) in [6.45, 7) is 3.35. The van der Waals surface area contributed by atoms with E-state index in [1.54, 1.807) is 11.2 Å². The van der Waals surface area contributed by atoms with Crippen molar-refractivity contribution in [3.63, 3.8) is 0 Å². The lowest BCUT2D eigenvalue weighted by atomic mass is 10.2. The number of para-hydroxylation sites is 1. The lowest BCUT2D eigenvalue weighted by Gasteiger charge is -2.20. The van der Waals surface area contributed by atoms with Gasteiger partial charge in [-0.1, -0.05) is 18.2 Å². The minimum Gasteiger partial charge on any atom is -0.483 e. The minimum atomic E-state index is -0.0827. The lowest BCUT2D eigenvalue weighted by molar-refractivity contribution is -0.134. The average Bonchev–Trinajstić information content (AvgIpc) is 3.03. The van der Waals surface area contributed by atoms with Crippen LogP contribution in [0.5, 0.6) is 5.75 Å². The van der Waals surface area contributed by atoms with Gasteiger partial charge in [0.2, 0.25) is 0 Å². The van der Waals surface area contributed by atoms with Crippen LogP contribution in [0.1, 0.15) is 18.2 Å². The average molecular weight is 288 g/mol. The fraction of sp³-hybridized carbons (Fsp3) is 0.312. The maximum absolute atomic E-state index is 12.2. The van der Waals surface area contributed by atoms with Crippen LogP contribution < -0.4 is 10.5 Å². The maximum atomic E-state index is 12.2. The first kappa shape index (κ1) is 15.1. The van der Waals surface area contributed by atoms with Gasteiger partial charge in [0.05, 0.1) is 12.8 Å². The van der Waals surface area contributed by atoms with Crippen molar-refractivity contribution in [3.8, 4) is 5.75 Å². The Labute approximate surface area is 124 Å². The van der Waals surface area contributed by atoms with Crippen molar-refractivity contribution < 1.29 is 13.9 Å². The molecule has 21 heavy (non-hydrogen) atoms. The minimum absolute atomic E-state index is 0.00837. The molecule has 2 N–H and O–H groups in total. The Balaban J connectivity index is 1.93. The number of hydrogen-bond donors (Lipinski definition) is 1. The smallest absolute Gasteiger partial charge is 0.260 e. The quantitative estimate of drug-likeness (QED) is 0.847. The third kappa shape index (κ3) is 4.10. The molecule has 1 heterocycles. The van der Waals surface area contributed by atoms with Gasteiger partial charge in [0.1, 0.15) is 11.5 Å². The zero-order valence-corrected chi connectivity index (χ0v) is 12.1. The molecule has 1 aromatic carbocycles. The van der Waals surface area contributed by atoms with Crippen molar-refractivity contribution in [1.82, 2.24) is 4.90 Å². The van der Waals surface area contributed by atoms with E-state index in [4.69, 9.17) is 14.9 Å². The zero-order valence-electron chi connectivity index (χ0n) is 12.1. The van der Waals surface area contributed by atoms with E-state index in [0.717, 1.165) is 11.3 Å². The fourth-order valence-corrected chi connectivity index (χ4v) is 2.01. The summed E-state index contributed by atoms with van der Waals surface area (Å²) >= 11 is 0. The van der Waals surface area contributed by atoms with Gasteiger partial charge in [-0.05, 0) is 25.1 Å². The molecular formula is C16H20N2O3. The fourth-order valence-electron chi connectivity index (χ4n) is 2.01. The van der Waals surface area contributed by atoms with Crippen LogP contribution in [0, 0.1) is 0 Å². The first-order chi connectivity index (χ1) is 10.2. The highest BCUT2D eigenvalue weighted by molar-refractivity contribution is 5.77. The summed E-state index contributed by atoms with van der Waals surface area (Å²) in [7, 11) is 0. The Morgan fingerprint density at radius 3 is 2.76 bits per heavy atom. The monoisotopic (exact) mass is 288 g/mol. The molecule has 1 aromatic heterocycles. The second kappa shape index (κ2) is 7.50. The third-order valence-electron chi connectivity index (χ3n) is 3.20. The molecule has 0 atom stereocenters. The summed E-state index contributed by atoms with van der Waals surface area (Å²) in [5, 5.41) is 0. The lowest BCUT2D eigenvalue weighted by Crippen LogP contribution is -2.34. The SMILES string of the molecule is CCN(Cc1ccco1)C(=O)COc1ccccc1CN. The zero-order chi connectivity index (χ0) is 15.1. The van der Waals surface area contributed by atoms with Gasteiger partial charge in [-0.15, -0.1) is 0 Å². The highest BCUT2D eigenvalue weighted by Gasteiger charge is 2.14. The predicted octanol–water partition coefficient (Wildman–Crippen LogP) is 2.17. The van der Waals surface area contributed by atoms with Gasteiger partial charge in [0, 0.05) is 18.7 Å². The number of carbonyl (C=O) groups excluding carboxylic acids is 1. The molecule has 0 saturated heterocycles. The van der Waals surface area contributed by atoms with Crippen molar-refractivity contribution in [1.29, 1.82) is 0 Å². The van der Waals surface area contributed by atoms with E-state index in [-0.39, 0.29) is 12.5 Å². The molecule has 1 amide bonds. The van der Waals surface area contributed by atoms with Crippen LogP contribution in [0.15, 0.2) is 47.1 Å². The van der Waals surface area contributed by atoms with Crippen LogP contribution in [0.2, 0.25) is 0 Å². The van der Waals surface area contributed by atoms with Gasteiger partial charge in [-0.2, -0.15) is 0 Å². The summed E-state index contributed by atoms with van der Waals surface area (Å²) in [5.41, 5.74) is 6.53. The number of amides is 1. The predicted molar refractivity (Wildman–Crippen MR) is 79.6 cm³/mol. The Hall–Kier alpha value is -2.27. The van der Waals surface area contributed by atoms with Crippen LogP contribution >= 0.6 is 0 Å². The van der Waals surface area contributed by atoms with E-state index < -0.39 is 0 Å². The van der Waals surface area contributed by atoms with E-state index in [1.165, 1.54) is 0 Å². The van der Waals surface area contributed by atoms with Gasteiger partial charge in [-0.3, -0.25) is 4.79 Å². The third-order valence-corrected chi connectivity index (χ3v) is 3.20. The van der Waals surface area contributed by atoms with E-state index in [0.29, 0.717) is 25.4 Å². The Morgan fingerprint density at radius 1 is 1.29 bits per heavy atom. The van der Waals surface area contributed by atoms with Crippen molar-refractivity contribution >= 4 is 5.91 Å². The van der Waals surface area contributed by atoms with Crippen molar-refractivity contribution in [2.45, 2.75) is 20.0 Å². The van der Waals surface area contributed by atoms with Gasteiger partial charge in [0.15, 0.2) is 6.61 Å². The summed E-state index contributed by atoms with van der Waals surface area (Å²) in [6, 6.07) is 11.1. The van der Waals surface area contributed by atoms with Crippen molar-refractivity contribution in [2.24, 2.45) is 5.73 Å².